The summed E-state index contributed by atoms with van der Waals surface area (Å²) in [7, 11) is 4.06. The average Bonchev–Trinajstić information content (AvgIpc) is 2.58. The maximum absolute atomic E-state index is 12.5. The van der Waals surface area contributed by atoms with Crippen molar-refractivity contribution < 1.29 is 9.59 Å². The third-order valence-corrected chi connectivity index (χ3v) is 4.50. The molecule has 0 bridgehead atoms. The van der Waals surface area contributed by atoms with Crippen LogP contribution in [0, 0.1) is 12.8 Å². The number of hydrogen-bond donors (Lipinski definition) is 1. The van der Waals surface area contributed by atoms with Gasteiger partial charge in [0.05, 0.1) is 0 Å². The molecule has 0 radical (unpaired) electrons. The van der Waals surface area contributed by atoms with Crippen LogP contribution in [0.25, 0.3) is 0 Å². The van der Waals surface area contributed by atoms with Crippen LogP contribution < -0.4 is 5.32 Å². The summed E-state index contributed by atoms with van der Waals surface area (Å²) in [6.07, 6.45) is 2.46. The van der Waals surface area contributed by atoms with Gasteiger partial charge in [-0.3, -0.25) is 9.59 Å². The third kappa shape index (κ3) is 5.34. The number of aryl methyl sites for hydroxylation is 1. The van der Waals surface area contributed by atoms with Crippen LogP contribution in [0.3, 0.4) is 0 Å². The normalized spacial score (nSPS) is 15.6. The zero-order chi connectivity index (χ0) is 17.5. The SMILES string of the molecule is Cc1cccc(C(=O)N2CCC(C(=O)NCCCN(C)C)CC2)c1. The average molecular weight is 331 g/mol. The Morgan fingerprint density at radius 1 is 1.25 bits per heavy atom. The molecule has 0 aromatic heterocycles. The Labute approximate surface area is 145 Å². The lowest BCUT2D eigenvalue weighted by molar-refractivity contribution is -0.126. The fourth-order valence-corrected chi connectivity index (χ4v) is 3.06. The van der Waals surface area contributed by atoms with Gasteiger partial charge in [-0.05, 0) is 59.0 Å². The van der Waals surface area contributed by atoms with Gasteiger partial charge in [0.15, 0.2) is 0 Å². The van der Waals surface area contributed by atoms with Crippen molar-refractivity contribution in [3.8, 4) is 0 Å². The highest BCUT2D eigenvalue weighted by atomic mass is 16.2. The van der Waals surface area contributed by atoms with Crippen molar-refractivity contribution in [2.24, 2.45) is 5.92 Å². The van der Waals surface area contributed by atoms with Crippen molar-refractivity contribution in [1.29, 1.82) is 0 Å². The number of benzene rings is 1. The Morgan fingerprint density at radius 3 is 2.58 bits per heavy atom. The molecule has 1 aromatic rings. The predicted octanol–water partition coefficient (Wildman–Crippen LogP) is 1.92. The molecule has 5 nitrogen and oxygen atoms in total. The molecule has 132 valence electrons. The van der Waals surface area contributed by atoms with E-state index in [9.17, 15) is 9.59 Å². The maximum atomic E-state index is 12.5. The maximum Gasteiger partial charge on any atom is 0.253 e. The lowest BCUT2D eigenvalue weighted by Gasteiger charge is -2.31. The van der Waals surface area contributed by atoms with Crippen molar-refractivity contribution in [2.75, 3.05) is 40.3 Å². The van der Waals surface area contributed by atoms with Gasteiger partial charge >= 0.3 is 0 Å². The number of carbonyl (C=O) groups excluding carboxylic acids is 2. The van der Waals surface area contributed by atoms with Crippen molar-refractivity contribution in [3.05, 3.63) is 35.4 Å². The quantitative estimate of drug-likeness (QED) is 0.810. The number of carbonyl (C=O) groups is 2. The smallest absolute Gasteiger partial charge is 0.253 e. The molecule has 1 N–H and O–H groups in total. The van der Waals surface area contributed by atoms with Crippen molar-refractivity contribution >= 4 is 11.8 Å². The Kier molecular flexibility index (Phi) is 6.79. The van der Waals surface area contributed by atoms with Crippen LogP contribution in [0.5, 0.6) is 0 Å². The molecule has 1 aliphatic heterocycles. The Balaban J connectivity index is 1.76. The summed E-state index contributed by atoms with van der Waals surface area (Å²) in [4.78, 5) is 28.7. The molecule has 0 saturated carbocycles. The molecule has 5 heteroatoms. The fourth-order valence-electron chi connectivity index (χ4n) is 3.06. The lowest BCUT2D eigenvalue weighted by atomic mass is 9.95. The molecule has 0 spiro atoms. The number of nitrogens with one attached hydrogen (secondary N) is 1. The number of nitrogens with zero attached hydrogens (tertiary/aromatic N) is 2. The van der Waals surface area contributed by atoms with E-state index < -0.39 is 0 Å². The van der Waals surface area contributed by atoms with Gasteiger partial charge in [0.2, 0.25) is 5.91 Å². The van der Waals surface area contributed by atoms with Gasteiger partial charge in [0.25, 0.3) is 5.91 Å². The second-order valence-corrected chi connectivity index (χ2v) is 6.88. The minimum Gasteiger partial charge on any atom is -0.356 e. The van der Waals surface area contributed by atoms with E-state index in [1.807, 2.05) is 50.2 Å². The summed E-state index contributed by atoms with van der Waals surface area (Å²) < 4.78 is 0. The second kappa shape index (κ2) is 8.83. The monoisotopic (exact) mass is 331 g/mol. The minimum absolute atomic E-state index is 0.0333. The highest BCUT2D eigenvalue weighted by Gasteiger charge is 2.27. The van der Waals surface area contributed by atoms with Gasteiger partial charge in [-0.1, -0.05) is 17.7 Å². The van der Waals surface area contributed by atoms with Gasteiger partial charge < -0.3 is 15.1 Å². The Morgan fingerprint density at radius 2 is 1.96 bits per heavy atom. The third-order valence-electron chi connectivity index (χ3n) is 4.50. The van der Waals surface area contributed by atoms with Crippen LogP contribution in [0.15, 0.2) is 24.3 Å². The molecule has 24 heavy (non-hydrogen) atoms. The largest absolute Gasteiger partial charge is 0.356 e. The number of likely N-dealkylation sites (tertiary alicyclic amines) is 1. The summed E-state index contributed by atoms with van der Waals surface area (Å²) in [5.74, 6) is 0.242. The molecule has 1 aliphatic rings. The first-order valence-corrected chi connectivity index (χ1v) is 8.76. The summed E-state index contributed by atoms with van der Waals surface area (Å²) in [6, 6.07) is 7.69. The molecular formula is C19H29N3O2. The molecule has 1 saturated heterocycles. The van der Waals surface area contributed by atoms with E-state index in [-0.39, 0.29) is 17.7 Å². The van der Waals surface area contributed by atoms with Crippen molar-refractivity contribution in [2.45, 2.75) is 26.2 Å². The summed E-state index contributed by atoms with van der Waals surface area (Å²) in [6.45, 7) is 5.00. The number of rotatable bonds is 6. The number of amides is 2. The zero-order valence-corrected chi connectivity index (χ0v) is 15.0. The van der Waals surface area contributed by atoms with Crippen LogP contribution in [0.4, 0.5) is 0 Å². The molecule has 0 unspecified atom stereocenters. The van der Waals surface area contributed by atoms with Gasteiger partial charge in [-0.2, -0.15) is 0 Å². The zero-order valence-electron chi connectivity index (χ0n) is 15.0. The topological polar surface area (TPSA) is 52.7 Å². The standard InChI is InChI=1S/C19H29N3O2/c1-15-6-4-7-17(14-15)19(24)22-12-8-16(9-13-22)18(23)20-10-5-11-21(2)3/h4,6-7,14,16H,5,8-13H2,1-3H3,(H,20,23). The molecule has 2 amide bonds. The fraction of sp³-hybridized carbons (Fsp3) is 0.579. The van der Waals surface area contributed by atoms with E-state index in [0.717, 1.165) is 43.5 Å². The summed E-state index contributed by atoms with van der Waals surface area (Å²) >= 11 is 0. The first kappa shape index (κ1) is 18.5. The van der Waals surface area contributed by atoms with Gasteiger partial charge in [0.1, 0.15) is 0 Å². The predicted molar refractivity (Wildman–Crippen MR) is 96.0 cm³/mol. The lowest BCUT2D eigenvalue weighted by Crippen LogP contribution is -2.43. The Hall–Kier alpha value is -1.88. The Bertz CT molecular complexity index is 563. The van der Waals surface area contributed by atoms with Crippen LogP contribution in [-0.4, -0.2) is 61.9 Å². The molecule has 2 rings (SSSR count). The van der Waals surface area contributed by atoms with E-state index in [1.165, 1.54) is 0 Å². The van der Waals surface area contributed by atoms with Crippen molar-refractivity contribution in [1.82, 2.24) is 15.1 Å². The van der Waals surface area contributed by atoms with Crippen LogP contribution in [0.1, 0.15) is 35.2 Å². The molecular weight excluding hydrogens is 302 g/mol. The first-order chi connectivity index (χ1) is 11.5. The summed E-state index contributed by atoms with van der Waals surface area (Å²) in [5.41, 5.74) is 1.83. The van der Waals surface area contributed by atoms with Crippen LogP contribution in [0.2, 0.25) is 0 Å². The highest BCUT2D eigenvalue weighted by Crippen LogP contribution is 2.19. The highest BCUT2D eigenvalue weighted by molar-refractivity contribution is 5.94. The van der Waals surface area contributed by atoms with Crippen LogP contribution in [-0.2, 0) is 4.79 Å². The second-order valence-electron chi connectivity index (χ2n) is 6.88. The van der Waals surface area contributed by atoms with E-state index >= 15 is 0 Å². The molecule has 0 atom stereocenters. The number of piperidine rings is 1. The van der Waals surface area contributed by atoms with E-state index in [2.05, 4.69) is 10.2 Å². The van der Waals surface area contributed by atoms with Crippen LogP contribution >= 0.6 is 0 Å². The summed E-state index contributed by atoms with van der Waals surface area (Å²) in [5, 5.41) is 3.02. The number of hydrogen-bond acceptors (Lipinski definition) is 3. The van der Waals surface area contributed by atoms with E-state index in [4.69, 9.17) is 0 Å². The van der Waals surface area contributed by atoms with E-state index in [1.54, 1.807) is 0 Å². The molecule has 1 fully saturated rings. The van der Waals surface area contributed by atoms with E-state index in [0.29, 0.717) is 13.1 Å². The molecule has 1 heterocycles. The van der Waals surface area contributed by atoms with Gasteiger partial charge in [-0.25, -0.2) is 0 Å². The molecule has 1 aromatic carbocycles. The first-order valence-electron chi connectivity index (χ1n) is 8.76. The van der Waals surface area contributed by atoms with Gasteiger partial charge in [-0.15, -0.1) is 0 Å². The van der Waals surface area contributed by atoms with Gasteiger partial charge in [0, 0.05) is 31.1 Å². The molecule has 0 aliphatic carbocycles. The minimum atomic E-state index is 0.0333. The van der Waals surface area contributed by atoms with Crippen molar-refractivity contribution in [3.63, 3.8) is 0 Å².